The van der Waals surface area contributed by atoms with E-state index >= 15 is 0 Å². The highest BCUT2D eigenvalue weighted by molar-refractivity contribution is 7.18. The van der Waals surface area contributed by atoms with Gasteiger partial charge in [-0.15, -0.1) is 11.3 Å². The van der Waals surface area contributed by atoms with E-state index in [-0.39, 0.29) is 0 Å². The van der Waals surface area contributed by atoms with Gasteiger partial charge in [0.1, 0.15) is 0 Å². The Morgan fingerprint density at radius 1 is 1.41 bits per heavy atom. The van der Waals surface area contributed by atoms with Gasteiger partial charge in [0.15, 0.2) is 6.10 Å². The normalized spacial score (nSPS) is 14.2. The highest BCUT2D eigenvalue weighted by Gasteiger charge is 2.38. The van der Waals surface area contributed by atoms with Gasteiger partial charge >= 0.3 is 6.18 Å². The summed E-state index contributed by atoms with van der Waals surface area (Å²) in [6.07, 6.45) is -7.42. The predicted octanol–water partition coefficient (Wildman–Crippen LogP) is 3.07. The van der Waals surface area contributed by atoms with Crippen molar-refractivity contribution in [3.05, 3.63) is 28.8 Å². The van der Waals surface area contributed by atoms with E-state index in [4.69, 9.17) is 5.11 Å². The van der Waals surface area contributed by atoms with Crippen LogP contribution in [0.15, 0.2) is 18.2 Å². The third-order valence-corrected chi connectivity index (χ3v) is 3.37. The number of aromatic nitrogens is 1. The zero-order chi connectivity index (χ0) is 12.6. The number of hydrogen-bond acceptors (Lipinski definition) is 3. The van der Waals surface area contributed by atoms with Crippen LogP contribution >= 0.6 is 11.3 Å². The minimum absolute atomic E-state index is 0.301. The van der Waals surface area contributed by atoms with E-state index in [0.29, 0.717) is 10.5 Å². The molecule has 1 aromatic carbocycles. The second kappa shape index (κ2) is 4.27. The Hall–Kier alpha value is -1.14. The fourth-order valence-electron chi connectivity index (χ4n) is 1.45. The lowest BCUT2D eigenvalue weighted by Gasteiger charge is -2.12. The SMILES string of the molecule is Cc1ccc2nc(CC(O)C(F)(F)F)sc2c1. The number of nitrogens with zero attached hydrogens (tertiary/aromatic N) is 1. The molecule has 0 fully saturated rings. The fraction of sp³-hybridized carbons (Fsp3) is 0.364. The Kier molecular flexibility index (Phi) is 3.09. The molecule has 1 unspecified atom stereocenters. The van der Waals surface area contributed by atoms with Gasteiger partial charge < -0.3 is 5.11 Å². The van der Waals surface area contributed by atoms with Gasteiger partial charge in [0, 0.05) is 6.42 Å². The number of rotatable bonds is 2. The summed E-state index contributed by atoms with van der Waals surface area (Å²) in [7, 11) is 0. The molecule has 6 heteroatoms. The first-order valence-electron chi connectivity index (χ1n) is 4.97. The van der Waals surface area contributed by atoms with Gasteiger partial charge in [-0.3, -0.25) is 0 Å². The molecule has 1 N–H and O–H groups in total. The van der Waals surface area contributed by atoms with E-state index in [1.807, 2.05) is 19.1 Å². The monoisotopic (exact) mass is 261 g/mol. The number of thiazole rings is 1. The molecule has 17 heavy (non-hydrogen) atoms. The lowest BCUT2D eigenvalue weighted by Crippen LogP contribution is -2.30. The summed E-state index contributed by atoms with van der Waals surface area (Å²) in [6.45, 7) is 1.91. The smallest absolute Gasteiger partial charge is 0.383 e. The van der Waals surface area contributed by atoms with E-state index < -0.39 is 18.7 Å². The first-order chi connectivity index (χ1) is 7.86. The Bertz CT molecular complexity index is 535. The minimum atomic E-state index is -4.59. The van der Waals surface area contributed by atoms with Crippen LogP contribution in [0.2, 0.25) is 0 Å². The molecule has 1 atom stereocenters. The molecule has 2 rings (SSSR count). The number of benzene rings is 1. The number of alkyl halides is 3. The van der Waals surface area contributed by atoms with Crippen LogP contribution in [0.25, 0.3) is 10.2 Å². The van der Waals surface area contributed by atoms with E-state index in [9.17, 15) is 13.2 Å². The van der Waals surface area contributed by atoms with Crippen molar-refractivity contribution in [1.29, 1.82) is 0 Å². The van der Waals surface area contributed by atoms with Crippen LogP contribution in [0, 0.1) is 6.92 Å². The van der Waals surface area contributed by atoms with E-state index in [1.54, 1.807) is 6.07 Å². The molecular formula is C11H10F3NOS. The van der Waals surface area contributed by atoms with Crippen molar-refractivity contribution in [2.24, 2.45) is 0 Å². The largest absolute Gasteiger partial charge is 0.414 e. The third-order valence-electron chi connectivity index (χ3n) is 2.33. The molecule has 0 bridgehead atoms. The lowest BCUT2D eigenvalue weighted by molar-refractivity contribution is -0.203. The number of hydrogen-bond donors (Lipinski definition) is 1. The molecule has 0 saturated heterocycles. The van der Waals surface area contributed by atoms with E-state index in [0.717, 1.165) is 10.3 Å². The van der Waals surface area contributed by atoms with E-state index in [2.05, 4.69) is 4.98 Å². The third kappa shape index (κ3) is 2.76. The fourth-order valence-corrected chi connectivity index (χ4v) is 2.55. The molecule has 2 aromatic rings. The van der Waals surface area contributed by atoms with Crippen molar-refractivity contribution in [2.75, 3.05) is 0 Å². The molecule has 0 amide bonds. The summed E-state index contributed by atoms with van der Waals surface area (Å²) in [5.74, 6) is 0. The minimum Gasteiger partial charge on any atom is -0.383 e. The van der Waals surface area contributed by atoms with E-state index in [1.165, 1.54) is 11.3 Å². The molecule has 1 heterocycles. The maximum atomic E-state index is 12.2. The molecule has 0 spiro atoms. The zero-order valence-corrected chi connectivity index (χ0v) is 9.77. The average molecular weight is 261 g/mol. The molecule has 2 nitrogen and oxygen atoms in total. The van der Waals surface area contributed by atoms with Crippen LogP contribution in [0.5, 0.6) is 0 Å². The van der Waals surface area contributed by atoms with Gasteiger partial charge in [-0.2, -0.15) is 13.2 Å². The van der Waals surface area contributed by atoms with Crippen molar-refractivity contribution in [3.8, 4) is 0 Å². The summed E-state index contributed by atoms with van der Waals surface area (Å²) in [5, 5.41) is 9.26. The molecule has 0 aliphatic carbocycles. The average Bonchev–Trinajstić information content (AvgIpc) is 2.57. The highest BCUT2D eigenvalue weighted by Crippen LogP contribution is 2.28. The summed E-state index contributed by atoms with van der Waals surface area (Å²) in [4.78, 5) is 4.07. The summed E-state index contributed by atoms with van der Waals surface area (Å²) in [5.41, 5.74) is 1.70. The predicted molar refractivity (Wildman–Crippen MR) is 60.1 cm³/mol. The van der Waals surface area contributed by atoms with Crippen LogP contribution in [0.4, 0.5) is 13.2 Å². The second-order valence-electron chi connectivity index (χ2n) is 3.84. The number of aliphatic hydroxyl groups excluding tert-OH is 1. The summed E-state index contributed by atoms with van der Waals surface area (Å²) < 4.78 is 37.4. The van der Waals surface area contributed by atoms with Crippen LogP contribution in [0.3, 0.4) is 0 Å². The summed E-state index contributed by atoms with van der Waals surface area (Å²) in [6, 6.07) is 5.49. The van der Waals surface area contributed by atoms with Crippen LogP contribution < -0.4 is 0 Å². The number of aliphatic hydroxyl groups is 1. The van der Waals surface area contributed by atoms with Gasteiger partial charge in [-0.25, -0.2) is 4.98 Å². The molecule has 0 aliphatic heterocycles. The van der Waals surface area contributed by atoms with Crippen molar-refractivity contribution in [3.63, 3.8) is 0 Å². The van der Waals surface area contributed by atoms with Crippen LogP contribution in [-0.4, -0.2) is 22.4 Å². The Labute approximate surface area is 99.7 Å². The Morgan fingerprint density at radius 2 is 2.12 bits per heavy atom. The topological polar surface area (TPSA) is 33.1 Å². The molecule has 0 saturated carbocycles. The van der Waals surface area contributed by atoms with Gasteiger partial charge in [0.05, 0.1) is 15.2 Å². The Morgan fingerprint density at radius 3 is 2.76 bits per heavy atom. The molecule has 1 aromatic heterocycles. The summed E-state index contributed by atoms with van der Waals surface area (Å²) >= 11 is 1.18. The van der Waals surface area contributed by atoms with Gasteiger partial charge in [-0.1, -0.05) is 6.07 Å². The first kappa shape index (κ1) is 12.3. The van der Waals surface area contributed by atoms with Crippen molar-refractivity contribution in [1.82, 2.24) is 4.98 Å². The molecular weight excluding hydrogens is 251 g/mol. The highest BCUT2D eigenvalue weighted by atomic mass is 32.1. The van der Waals surface area contributed by atoms with Crippen LogP contribution in [0.1, 0.15) is 10.6 Å². The maximum Gasteiger partial charge on any atom is 0.414 e. The van der Waals surface area contributed by atoms with Crippen molar-refractivity contribution in [2.45, 2.75) is 25.6 Å². The molecule has 92 valence electrons. The van der Waals surface area contributed by atoms with Crippen LogP contribution in [-0.2, 0) is 6.42 Å². The zero-order valence-electron chi connectivity index (χ0n) is 8.95. The number of aryl methyl sites for hydroxylation is 1. The number of fused-ring (bicyclic) bond motifs is 1. The number of halogens is 3. The van der Waals surface area contributed by atoms with Gasteiger partial charge in [-0.05, 0) is 24.6 Å². The molecule has 0 aliphatic rings. The van der Waals surface area contributed by atoms with Gasteiger partial charge in [0.2, 0.25) is 0 Å². The lowest BCUT2D eigenvalue weighted by atomic mass is 10.2. The standard InChI is InChI=1S/C11H10F3NOS/c1-6-2-3-7-8(4-6)17-10(15-7)5-9(16)11(12,13)14/h2-4,9,16H,5H2,1H3. The molecule has 0 radical (unpaired) electrons. The van der Waals surface area contributed by atoms with Gasteiger partial charge in [0.25, 0.3) is 0 Å². The quantitative estimate of drug-likeness (QED) is 0.901. The van der Waals surface area contributed by atoms with Crippen molar-refractivity contribution < 1.29 is 18.3 Å². The Balaban J connectivity index is 2.25. The maximum absolute atomic E-state index is 12.2. The second-order valence-corrected chi connectivity index (χ2v) is 4.96. The first-order valence-corrected chi connectivity index (χ1v) is 5.79. The van der Waals surface area contributed by atoms with Crippen molar-refractivity contribution >= 4 is 21.6 Å².